The highest BCUT2D eigenvalue weighted by Crippen LogP contribution is 2.28. The molecular weight excluding hydrogens is 525 g/mol. The Bertz CT molecular complexity index is 1640. The number of halogens is 2. The molecule has 7 nitrogen and oxygen atoms in total. The molecule has 2 aromatic heterocycles. The number of para-hydroxylation sites is 1. The molecule has 1 aliphatic rings. The number of pyridine rings is 1. The Morgan fingerprint density at radius 3 is 2.50 bits per heavy atom. The van der Waals surface area contributed by atoms with Gasteiger partial charge in [0.1, 0.15) is 11.6 Å². The zero-order chi connectivity index (χ0) is 27.5. The Hall–Kier alpha value is -4.43. The molecule has 6 rings (SSSR count). The lowest BCUT2D eigenvalue weighted by Crippen LogP contribution is -2.46. The predicted octanol–water partition coefficient (Wildman–Crippen LogP) is 6.81. The van der Waals surface area contributed by atoms with Crippen molar-refractivity contribution in [2.75, 3.05) is 46.6 Å². The SMILES string of the molecule is Cc1cc(N2CCN(c3ccccc3)CC2)nc(NCc2cc(Nc3ccnc4cc(Cl)ccc34)ccc2F)n1. The van der Waals surface area contributed by atoms with E-state index in [-0.39, 0.29) is 12.4 Å². The summed E-state index contributed by atoms with van der Waals surface area (Å²) < 4.78 is 14.8. The van der Waals surface area contributed by atoms with Crippen molar-refractivity contribution in [1.29, 1.82) is 0 Å². The van der Waals surface area contributed by atoms with Crippen LogP contribution in [0.1, 0.15) is 11.3 Å². The van der Waals surface area contributed by atoms with E-state index in [4.69, 9.17) is 16.6 Å². The van der Waals surface area contributed by atoms with Gasteiger partial charge in [-0.15, -0.1) is 0 Å². The van der Waals surface area contributed by atoms with Crippen LogP contribution in [0.2, 0.25) is 5.02 Å². The van der Waals surface area contributed by atoms with Gasteiger partial charge in [0.15, 0.2) is 0 Å². The van der Waals surface area contributed by atoms with Crippen LogP contribution >= 0.6 is 11.6 Å². The molecule has 202 valence electrons. The molecule has 0 atom stereocenters. The molecule has 1 aliphatic heterocycles. The Morgan fingerprint density at radius 2 is 1.68 bits per heavy atom. The van der Waals surface area contributed by atoms with E-state index in [9.17, 15) is 4.39 Å². The van der Waals surface area contributed by atoms with Gasteiger partial charge in [0.2, 0.25) is 5.95 Å². The molecule has 0 amide bonds. The number of piperazine rings is 1. The largest absolute Gasteiger partial charge is 0.368 e. The first-order valence-corrected chi connectivity index (χ1v) is 13.6. The molecule has 1 fully saturated rings. The maximum Gasteiger partial charge on any atom is 0.225 e. The first kappa shape index (κ1) is 25.8. The van der Waals surface area contributed by atoms with Crippen LogP contribution in [0.15, 0.2) is 85.1 Å². The second-order valence-electron chi connectivity index (χ2n) is 9.81. The third kappa shape index (κ3) is 5.77. The summed E-state index contributed by atoms with van der Waals surface area (Å²) in [5.41, 5.74) is 5.03. The molecule has 40 heavy (non-hydrogen) atoms. The number of fused-ring (bicyclic) bond motifs is 1. The standard InChI is InChI=1S/C31H29ClFN7/c1-21-17-30(40-15-13-39(14-16-40)25-5-3-2-4-6-25)38-31(36-21)35-20-22-18-24(8-10-27(22)33)37-28-11-12-34-29-19-23(32)7-9-26(28)29/h2-12,17-19H,13-16,20H2,1H3,(H,34,37)(H,35,36,38). The fourth-order valence-corrected chi connectivity index (χ4v) is 5.14. The highest BCUT2D eigenvalue weighted by Gasteiger charge is 2.19. The molecule has 0 unspecified atom stereocenters. The summed E-state index contributed by atoms with van der Waals surface area (Å²) in [6.45, 7) is 5.76. The zero-order valence-corrected chi connectivity index (χ0v) is 22.9. The molecular formula is C31H29ClFN7. The van der Waals surface area contributed by atoms with E-state index in [1.807, 2.05) is 43.3 Å². The second kappa shape index (κ2) is 11.4. The van der Waals surface area contributed by atoms with Crippen LogP contribution in [0.3, 0.4) is 0 Å². The number of hydrogen-bond acceptors (Lipinski definition) is 7. The number of anilines is 5. The summed E-state index contributed by atoms with van der Waals surface area (Å²) >= 11 is 6.12. The monoisotopic (exact) mass is 553 g/mol. The molecule has 3 heterocycles. The smallest absolute Gasteiger partial charge is 0.225 e. The van der Waals surface area contributed by atoms with Gasteiger partial charge in [0.05, 0.1) is 5.52 Å². The van der Waals surface area contributed by atoms with Gasteiger partial charge in [-0.05, 0) is 61.5 Å². The van der Waals surface area contributed by atoms with Gasteiger partial charge in [0.25, 0.3) is 0 Å². The number of nitrogens with one attached hydrogen (secondary N) is 2. The number of nitrogens with zero attached hydrogens (tertiary/aromatic N) is 5. The van der Waals surface area contributed by atoms with E-state index in [1.165, 1.54) is 11.8 Å². The fourth-order valence-electron chi connectivity index (χ4n) is 4.97. The van der Waals surface area contributed by atoms with Crippen molar-refractivity contribution in [3.63, 3.8) is 0 Å². The van der Waals surface area contributed by atoms with Gasteiger partial charge in [-0.1, -0.05) is 29.8 Å². The highest BCUT2D eigenvalue weighted by atomic mass is 35.5. The van der Waals surface area contributed by atoms with Gasteiger partial charge in [-0.25, -0.2) is 9.37 Å². The lowest BCUT2D eigenvalue weighted by Gasteiger charge is -2.36. The summed E-state index contributed by atoms with van der Waals surface area (Å²) in [6.07, 6.45) is 1.72. The molecule has 0 aliphatic carbocycles. The predicted molar refractivity (Wildman–Crippen MR) is 161 cm³/mol. The van der Waals surface area contributed by atoms with E-state index in [2.05, 4.69) is 54.7 Å². The topological polar surface area (TPSA) is 69.2 Å². The summed E-state index contributed by atoms with van der Waals surface area (Å²) in [6, 6.07) is 24.9. The molecule has 1 saturated heterocycles. The molecule has 0 radical (unpaired) electrons. The molecule has 0 spiro atoms. The highest BCUT2D eigenvalue weighted by molar-refractivity contribution is 6.31. The van der Waals surface area contributed by atoms with Crippen molar-refractivity contribution in [2.24, 2.45) is 0 Å². The van der Waals surface area contributed by atoms with Gasteiger partial charge in [0, 0.05) is 83.7 Å². The zero-order valence-electron chi connectivity index (χ0n) is 22.1. The molecule has 5 aromatic rings. The third-order valence-corrected chi connectivity index (χ3v) is 7.27. The summed E-state index contributed by atoms with van der Waals surface area (Å²) in [5.74, 6) is 1.06. The number of hydrogen-bond donors (Lipinski definition) is 2. The van der Waals surface area contributed by atoms with E-state index in [0.29, 0.717) is 16.5 Å². The number of aryl methyl sites for hydroxylation is 1. The summed E-state index contributed by atoms with van der Waals surface area (Å²) in [4.78, 5) is 18.4. The van der Waals surface area contributed by atoms with Gasteiger partial charge < -0.3 is 20.4 Å². The normalized spacial score (nSPS) is 13.5. The van der Waals surface area contributed by atoms with E-state index >= 15 is 0 Å². The van der Waals surface area contributed by atoms with E-state index in [0.717, 1.165) is 60.0 Å². The maximum absolute atomic E-state index is 14.8. The van der Waals surface area contributed by atoms with Crippen molar-refractivity contribution in [3.8, 4) is 0 Å². The molecule has 9 heteroatoms. The van der Waals surface area contributed by atoms with Gasteiger partial charge in [-0.2, -0.15) is 4.98 Å². The first-order valence-electron chi connectivity index (χ1n) is 13.3. The fraction of sp³-hybridized carbons (Fsp3) is 0.194. The number of rotatable bonds is 7. The summed E-state index contributed by atoms with van der Waals surface area (Å²) in [7, 11) is 0. The molecule has 0 bridgehead atoms. The van der Waals surface area contributed by atoms with Crippen molar-refractivity contribution in [2.45, 2.75) is 13.5 Å². The summed E-state index contributed by atoms with van der Waals surface area (Å²) in [5, 5.41) is 8.18. The van der Waals surface area contributed by atoms with E-state index < -0.39 is 0 Å². The van der Waals surface area contributed by atoms with Crippen LogP contribution in [0.4, 0.5) is 33.2 Å². The Morgan fingerprint density at radius 1 is 0.875 bits per heavy atom. The average molecular weight is 554 g/mol. The minimum atomic E-state index is -0.297. The van der Waals surface area contributed by atoms with Crippen molar-refractivity contribution in [3.05, 3.63) is 107 Å². The van der Waals surface area contributed by atoms with Gasteiger partial charge in [-0.3, -0.25) is 4.98 Å². The molecule has 0 saturated carbocycles. The van der Waals surface area contributed by atoms with Gasteiger partial charge >= 0.3 is 0 Å². The number of aromatic nitrogens is 3. The van der Waals surface area contributed by atoms with Crippen LogP contribution in [0.5, 0.6) is 0 Å². The Kier molecular flexibility index (Phi) is 7.33. The lowest BCUT2D eigenvalue weighted by molar-refractivity contribution is 0.613. The van der Waals surface area contributed by atoms with Crippen LogP contribution in [-0.4, -0.2) is 41.1 Å². The maximum atomic E-state index is 14.8. The minimum Gasteiger partial charge on any atom is -0.368 e. The first-order chi connectivity index (χ1) is 19.5. The molecule has 3 aromatic carbocycles. The average Bonchev–Trinajstić information content (AvgIpc) is 2.97. The van der Waals surface area contributed by atoms with Crippen LogP contribution in [-0.2, 0) is 6.54 Å². The Labute approximate surface area is 237 Å². The third-order valence-electron chi connectivity index (χ3n) is 7.03. The minimum absolute atomic E-state index is 0.249. The van der Waals surface area contributed by atoms with Crippen LogP contribution in [0, 0.1) is 12.7 Å². The van der Waals surface area contributed by atoms with Crippen molar-refractivity contribution >= 4 is 51.3 Å². The quantitative estimate of drug-likeness (QED) is 0.229. The van der Waals surface area contributed by atoms with E-state index in [1.54, 1.807) is 18.3 Å². The molecule has 2 N–H and O–H groups in total. The van der Waals surface area contributed by atoms with Crippen molar-refractivity contribution in [1.82, 2.24) is 15.0 Å². The van der Waals surface area contributed by atoms with Crippen LogP contribution < -0.4 is 20.4 Å². The second-order valence-corrected chi connectivity index (χ2v) is 10.2. The van der Waals surface area contributed by atoms with Crippen LogP contribution in [0.25, 0.3) is 10.9 Å². The lowest BCUT2D eigenvalue weighted by atomic mass is 10.1. The van der Waals surface area contributed by atoms with Crippen molar-refractivity contribution < 1.29 is 4.39 Å². The Balaban J connectivity index is 1.14. The number of benzene rings is 3.